The number of carbonyl (C=O) groups excluding carboxylic acids is 1. The van der Waals surface area contributed by atoms with Crippen LogP contribution in [-0.4, -0.2) is 43.6 Å². The van der Waals surface area contributed by atoms with Gasteiger partial charge in [-0.15, -0.1) is 0 Å². The number of nitrogens with zero attached hydrogens (tertiary/aromatic N) is 3. The average molecular weight is 395 g/mol. The average Bonchev–Trinajstić information content (AvgIpc) is 2.70. The fourth-order valence-corrected chi connectivity index (χ4v) is 4.45. The van der Waals surface area contributed by atoms with E-state index in [4.69, 9.17) is 0 Å². The Bertz CT molecular complexity index is 1140. The van der Waals surface area contributed by atoms with Crippen molar-refractivity contribution in [3.05, 3.63) is 71.9 Å². The summed E-state index contributed by atoms with van der Waals surface area (Å²) in [7, 11) is -3.66. The third-order valence-electron chi connectivity index (χ3n) is 5.04. The molecule has 0 saturated heterocycles. The largest absolute Gasteiger partial charge is 0.336 e. The fourth-order valence-electron chi connectivity index (χ4n) is 3.60. The van der Waals surface area contributed by atoms with Crippen molar-refractivity contribution in [1.82, 2.24) is 9.88 Å². The number of amides is 1. The number of benzene rings is 2. The molecule has 0 N–H and O–H groups in total. The number of pyridine rings is 1. The standard InChI is InChI=1S/C21H21N3O3S/c1-28(26,27)24(19-10-4-8-17-9-5-12-22-21(17)19)15-20(25)23-13-11-16-6-2-3-7-18(16)14-23/h2-10,12H,11,13-15H2,1H3. The number of hydrogen-bond acceptors (Lipinski definition) is 4. The summed E-state index contributed by atoms with van der Waals surface area (Å²) >= 11 is 0. The van der Waals surface area contributed by atoms with Crippen molar-refractivity contribution in [3.8, 4) is 0 Å². The van der Waals surface area contributed by atoms with Gasteiger partial charge in [0.2, 0.25) is 15.9 Å². The van der Waals surface area contributed by atoms with Gasteiger partial charge in [0.15, 0.2) is 0 Å². The first-order chi connectivity index (χ1) is 13.4. The number of aromatic nitrogens is 1. The van der Waals surface area contributed by atoms with E-state index < -0.39 is 10.0 Å². The summed E-state index contributed by atoms with van der Waals surface area (Å²) in [4.78, 5) is 19.0. The van der Waals surface area contributed by atoms with Crippen LogP contribution in [0, 0.1) is 0 Å². The van der Waals surface area contributed by atoms with Crippen molar-refractivity contribution >= 4 is 32.5 Å². The Balaban J connectivity index is 1.64. The molecule has 28 heavy (non-hydrogen) atoms. The number of carbonyl (C=O) groups is 1. The minimum atomic E-state index is -3.66. The van der Waals surface area contributed by atoms with E-state index in [9.17, 15) is 13.2 Å². The highest BCUT2D eigenvalue weighted by Gasteiger charge is 2.27. The summed E-state index contributed by atoms with van der Waals surface area (Å²) in [6.07, 6.45) is 3.51. The van der Waals surface area contributed by atoms with Crippen molar-refractivity contribution in [1.29, 1.82) is 0 Å². The molecule has 0 radical (unpaired) electrons. The lowest BCUT2D eigenvalue weighted by atomic mass is 10.00. The quantitative estimate of drug-likeness (QED) is 0.681. The van der Waals surface area contributed by atoms with Gasteiger partial charge >= 0.3 is 0 Å². The second-order valence-electron chi connectivity index (χ2n) is 6.96. The van der Waals surface area contributed by atoms with Gasteiger partial charge in [-0.2, -0.15) is 0 Å². The molecule has 0 unspecified atom stereocenters. The molecule has 2 heterocycles. The minimum absolute atomic E-state index is 0.215. The lowest BCUT2D eigenvalue weighted by molar-refractivity contribution is -0.130. The highest BCUT2D eigenvalue weighted by atomic mass is 32.2. The van der Waals surface area contributed by atoms with Crippen LogP contribution in [0.3, 0.4) is 0 Å². The van der Waals surface area contributed by atoms with Crippen LogP contribution in [0.2, 0.25) is 0 Å². The van der Waals surface area contributed by atoms with E-state index in [0.717, 1.165) is 27.9 Å². The zero-order chi connectivity index (χ0) is 19.7. The maximum Gasteiger partial charge on any atom is 0.243 e. The first kappa shape index (κ1) is 18.4. The first-order valence-electron chi connectivity index (χ1n) is 9.09. The Morgan fingerprint density at radius 3 is 2.61 bits per heavy atom. The van der Waals surface area contributed by atoms with E-state index in [2.05, 4.69) is 11.1 Å². The number of para-hydroxylation sites is 1. The molecule has 1 amide bonds. The Morgan fingerprint density at radius 2 is 1.82 bits per heavy atom. The van der Waals surface area contributed by atoms with E-state index >= 15 is 0 Å². The summed E-state index contributed by atoms with van der Waals surface area (Å²) in [5.74, 6) is -0.215. The summed E-state index contributed by atoms with van der Waals surface area (Å²) in [5.41, 5.74) is 3.34. The van der Waals surface area contributed by atoms with Gasteiger partial charge in [0.25, 0.3) is 0 Å². The van der Waals surface area contributed by atoms with E-state index in [1.165, 1.54) is 5.56 Å². The van der Waals surface area contributed by atoms with Crippen molar-refractivity contribution in [2.75, 3.05) is 23.7 Å². The highest BCUT2D eigenvalue weighted by molar-refractivity contribution is 7.92. The fraction of sp³-hybridized carbons (Fsp3) is 0.238. The van der Waals surface area contributed by atoms with Crippen LogP contribution in [0.4, 0.5) is 5.69 Å². The van der Waals surface area contributed by atoms with Crippen LogP contribution in [0.5, 0.6) is 0 Å². The normalized spacial score (nSPS) is 14.0. The van der Waals surface area contributed by atoms with Crippen molar-refractivity contribution in [2.24, 2.45) is 0 Å². The second kappa shape index (κ2) is 7.24. The van der Waals surface area contributed by atoms with Gasteiger partial charge in [-0.25, -0.2) is 8.42 Å². The number of anilines is 1. The number of rotatable bonds is 4. The van der Waals surface area contributed by atoms with Gasteiger partial charge in [-0.05, 0) is 29.7 Å². The van der Waals surface area contributed by atoms with E-state index in [1.807, 2.05) is 30.3 Å². The molecule has 1 aliphatic rings. The van der Waals surface area contributed by atoms with Crippen LogP contribution in [0.15, 0.2) is 60.8 Å². The molecule has 0 fully saturated rings. The molecule has 0 saturated carbocycles. The van der Waals surface area contributed by atoms with Crippen molar-refractivity contribution < 1.29 is 13.2 Å². The predicted octanol–water partition coefficient (Wildman–Crippen LogP) is 2.59. The molecular weight excluding hydrogens is 374 g/mol. The van der Waals surface area contributed by atoms with E-state index in [-0.39, 0.29) is 12.5 Å². The molecule has 144 valence electrons. The molecule has 0 atom stereocenters. The zero-order valence-electron chi connectivity index (χ0n) is 15.6. The van der Waals surface area contributed by atoms with Gasteiger partial charge in [0.05, 0.1) is 17.5 Å². The van der Waals surface area contributed by atoms with E-state index in [1.54, 1.807) is 29.3 Å². The molecule has 1 aromatic heterocycles. The van der Waals surface area contributed by atoms with Crippen LogP contribution in [-0.2, 0) is 27.8 Å². The molecule has 4 rings (SSSR count). The van der Waals surface area contributed by atoms with Gasteiger partial charge in [-0.3, -0.25) is 14.1 Å². The number of hydrogen-bond donors (Lipinski definition) is 0. The molecule has 0 aliphatic carbocycles. The topological polar surface area (TPSA) is 70.6 Å². The van der Waals surface area contributed by atoms with E-state index in [0.29, 0.717) is 24.3 Å². The van der Waals surface area contributed by atoms with Gasteiger partial charge in [0.1, 0.15) is 6.54 Å². The molecular formula is C21H21N3O3S. The monoisotopic (exact) mass is 395 g/mol. The second-order valence-corrected chi connectivity index (χ2v) is 8.86. The molecule has 0 bridgehead atoms. The van der Waals surface area contributed by atoms with Crippen molar-refractivity contribution in [3.63, 3.8) is 0 Å². The summed E-state index contributed by atoms with van der Waals surface area (Å²) < 4.78 is 26.2. The molecule has 1 aliphatic heterocycles. The van der Waals surface area contributed by atoms with Crippen LogP contribution < -0.4 is 4.31 Å². The summed E-state index contributed by atoms with van der Waals surface area (Å²) in [5, 5.41) is 0.827. The van der Waals surface area contributed by atoms with Gasteiger partial charge < -0.3 is 4.90 Å². The van der Waals surface area contributed by atoms with Crippen molar-refractivity contribution in [2.45, 2.75) is 13.0 Å². The molecule has 3 aromatic rings. The van der Waals surface area contributed by atoms with Gasteiger partial charge in [-0.1, -0.05) is 42.5 Å². The molecule has 0 spiro atoms. The SMILES string of the molecule is CS(=O)(=O)N(CC(=O)N1CCc2ccccc2C1)c1cccc2cccnc12. The maximum absolute atomic E-state index is 13.0. The van der Waals surface area contributed by atoms with Gasteiger partial charge in [0, 0.05) is 24.7 Å². The smallest absolute Gasteiger partial charge is 0.243 e. The lowest BCUT2D eigenvalue weighted by Gasteiger charge is -2.31. The molecule has 7 heteroatoms. The zero-order valence-corrected chi connectivity index (χ0v) is 16.4. The number of sulfonamides is 1. The summed E-state index contributed by atoms with van der Waals surface area (Å²) in [6, 6.07) is 17.0. The molecule has 6 nitrogen and oxygen atoms in total. The lowest BCUT2D eigenvalue weighted by Crippen LogP contribution is -2.44. The predicted molar refractivity (Wildman–Crippen MR) is 109 cm³/mol. The van der Waals surface area contributed by atoms with Crippen LogP contribution >= 0.6 is 0 Å². The maximum atomic E-state index is 13.0. The Kier molecular flexibility index (Phi) is 4.77. The summed E-state index contributed by atoms with van der Waals surface area (Å²) in [6.45, 7) is 0.846. The third-order valence-corrected chi connectivity index (χ3v) is 6.17. The highest BCUT2D eigenvalue weighted by Crippen LogP contribution is 2.27. The Hall–Kier alpha value is -2.93. The third kappa shape index (κ3) is 3.57. The molecule has 2 aromatic carbocycles. The first-order valence-corrected chi connectivity index (χ1v) is 10.9. The Morgan fingerprint density at radius 1 is 1.07 bits per heavy atom. The Labute approximate surface area is 164 Å². The van der Waals surface area contributed by atoms with Crippen LogP contribution in [0.25, 0.3) is 10.9 Å². The minimum Gasteiger partial charge on any atom is -0.336 e. The number of fused-ring (bicyclic) bond motifs is 2. The van der Waals surface area contributed by atoms with Crippen LogP contribution in [0.1, 0.15) is 11.1 Å².